The Hall–Kier alpha value is -2.54. The second kappa shape index (κ2) is 9.31. The Morgan fingerprint density at radius 3 is 2.28 bits per heavy atom. The highest BCUT2D eigenvalue weighted by atomic mass is 32.2. The van der Waals surface area contributed by atoms with Crippen molar-refractivity contribution in [3.05, 3.63) is 53.6 Å². The maximum atomic E-state index is 12.6. The molecule has 0 atom stereocenters. The van der Waals surface area contributed by atoms with E-state index in [4.69, 9.17) is 4.74 Å². The van der Waals surface area contributed by atoms with E-state index < -0.39 is 10.0 Å². The van der Waals surface area contributed by atoms with Crippen LogP contribution in [-0.4, -0.2) is 38.9 Å². The number of nitrogens with one attached hydrogen (secondary N) is 1. The number of likely N-dealkylation sites (tertiary alicyclic amines) is 1. The molecular weight excluding hydrogens is 388 g/mol. The molecule has 2 aromatic carbocycles. The predicted octanol–water partition coefficient (Wildman–Crippen LogP) is 3.89. The van der Waals surface area contributed by atoms with Crippen molar-refractivity contribution < 1.29 is 17.9 Å². The molecule has 0 radical (unpaired) electrons. The Kier molecular flexibility index (Phi) is 6.79. The molecule has 29 heavy (non-hydrogen) atoms. The molecule has 1 amide bonds. The summed E-state index contributed by atoms with van der Waals surface area (Å²) in [5.74, 6) is 0.492. The number of amides is 1. The van der Waals surface area contributed by atoms with Gasteiger partial charge in [0.1, 0.15) is 5.75 Å². The minimum Gasteiger partial charge on any atom is -0.483 e. The van der Waals surface area contributed by atoms with E-state index in [1.807, 2.05) is 24.0 Å². The Morgan fingerprint density at radius 1 is 1.00 bits per heavy atom. The maximum absolute atomic E-state index is 12.6. The molecule has 1 fully saturated rings. The second-order valence-corrected chi connectivity index (χ2v) is 9.16. The average Bonchev–Trinajstić information content (AvgIpc) is 2.98. The quantitative estimate of drug-likeness (QED) is 0.775. The minimum atomic E-state index is -3.70. The molecule has 7 heteroatoms. The van der Waals surface area contributed by atoms with Crippen LogP contribution in [0.1, 0.15) is 36.8 Å². The van der Waals surface area contributed by atoms with Crippen LogP contribution in [0.15, 0.2) is 47.4 Å². The van der Waals surface area contributed by atoms with Gasteiger partial charge in [0.25, 0.3) is 15.9 Å². The van der Waals surface area contributed by atoms with Crippen LogP contribution in [0, 0.1) is 13.8 Å². The Balaban J connectivity index is 1.64. The molecule has 0 spiro atoms. The van der Waals surface area contributed by atoms with Crippen LogP contribution < -0.4 is 9.46 Å². The van der Waals surface area contributed by atoms with Gasteiger partial charge in [-0.3, -0.25) is 9.52 Å². The number of carbonyl (C=O) groups is 1. The van der Waals surface area contributed by atoms with Crippen LogP contribution in [-0.2, 0) is 14.8 Å². The first-order valence-corrected chi connectivity index (χ1v) is 11.4. The van der Waals surface area contributed by atoms with Gasteiger partial charge in [0.15, 0.2) is 6.61 Å². The van der Waals surface area contributed by atoms with Crippen LogP contribution >= 0.6 is 0 Å². The molecule has 0 aliphatic carbocycles. The summed E-state index contributed by atoms with van der Waals surface area (Å²) in [5, 5.41) is 0. The SMILES string of the molecule is Cc1ccc(NS(=O)(=O)c2ccc(OCC(=O)N3CCCCCC3)c(C)c2)cc1. The molecule has 6 nitrogen and oxygen atoms in total. The lowest BCUT2D eigenvalue weighted by molar-refractivity contribution is -0.133. The fraction of sp³-hybridized carbons (Fsp3) is 0.409. The summed E-state index contributed by atoms with van der Waals surface area (Å²) in [6.07, 6.45) is 4.39. The fourth-order valence-corrected chi connectivity index (χ4v) is 4.48. The van der Waals surface area contributed by atoms with Gasteiger partial charge in [-0.05, 0) is 62.6 Å². The molecule has 2 aromatic rings. The molecule has 1 aliphatic heterocycles. The summed E-state index contributed by atoms with van der Waals surface area (Å²) in [6.45, 7) is 5.25. The van der Waals surface area contributed by atoms with Gasteiger partial charge in [-0.25, -0.2) is 8.42 Å². The number of rotatable bonds is 6. The van der Waals surface area contributed by atoms with Gasteiger partial charge in [-0.2, -0.15) is 0 Å². The normalized spacial score (nSPS) is 14.9. The van der Waals surface area contributed by atoms with E-state index in [0.717, 1.165) is 44.3 Å². The predicted molar refractivity (Wildman–Crippen MR) is 114 cm³/mol. The van der Waals surface area contributed by atoms with E-state index in [0.29, 0.717) is 17.0 Å². The topological polar surface area (TPSA) is 75.7 Å². The molecule has 1 saturated heterocycles. The number of nitrogens with zero attached hydrogens (tertiary/aromatic N) is 1. The number of aryl methyl sites for hydroxylation is 2. The highest BCUT2D eigenvalue weighted by Gasteiger charge is 2.18. The molecule has 156 valence electrons. The zero-order valence-electron chi connectivity index (χ0n) is 17.0. The van der Waals surface area contributed by atoms with Gasteiger partial charge < -0.3 is 9.64 Å². The van der Waals surface area contributed by atoms with Crippen LogP contribution in [0.3, 0.4) is 0 Å². The average molecular weight is 417 g/mol. The first kappa shape index (κ1) is 21.2. The lowest BCUT2D eigenvalue weighted by atomic mass is 10.2. The number of anilines is 1. The number of ether oxygens (including phenoxy) is 1. The molecule has 0 bridgehead atoms. The number of hydrogen-bond donors (Lipinski definition) is 1. The Labute approximate surface area is 172 Å². The van der Waals surface area contributed by atoms with Gasteiger partial charge >= 0.3 is 0 Å². The van der Waals surface area contributed by atoms with Crippen molar-refractivity contribution >= 4 is 21.6 Å². The van der Waals surface area contributed by atoms with E-state index >= 15 is 0 Å². The van der Waals surface area contributed by atoms with Crippen molar-refractivity contribution in [3.63, 3.8) is 0 Å². The summed E-state index contributed by atoms with van der Waals surface area (Å²) in [7, 11) is -3.70. The highest BCUT2D eigenvalue weighted by Crippen LogP contribution is 2.24. The van der Waals surface area contributed by atoms with E-state index in [-0.39, 0.29) is 17.4 Å². The monoisotopic (exact) mass is 416 g/mol. The molecule has 3 rings (SSSR count). The largest absolute Gasteiger partial charge is 0.483 e. The molecule has 0 unspecified atom stereocenters. The smallest absolute Gasteiger partial charge is 0.261 e. The van der Waals surface area contributed by atoms with Crippen molar-refractivity contribution in [3.8, 4) is 5.75 Å². The molecule has 0 saturated carbocycles. The fourth-order valence-electron chi connectivity index (χ4n) is 3.34. The van der Waals surface area contributed by atoms with Crippen molar-refractivity contribution in [1.29, 1.82) is 0 Å². The first-order chi connectivity index (χ1) is 13.8. The van der Waals surface area contributed by atoms with Gasteiger partial charge in [-0.1, -0.05) is 30.5 Å². The molecule has 1 N–H and O–H groups in total. The number of hydrogen-bond acceptors (Lipinski definition) is 4. The van der Waals surface area contributed by atoms with E-state index in [1.54, 1.807) is 31.2 Å². The minimum absolute atomic E-state index is 0.0240. The second-order valence-electron chi connectivity index (χ2n) is 7.48. The van der Waals surface area contributed by atoms with Crippen LogP contribution in [0.5, 0.6) is 5.75 Å². The first-order valence-electron chi connectivity index (χ1n) is 9.96. The van der Waals surface area contributed by atoms with E-state index in [2.05, 4.69) is 4.72 Å². The van der Waals surface area contributed by atoms with Crippen LogP contribution in [0.4, 0.5) is 5.69 Å². The van der Waals surface area contributed by atoms with Crippen molar-refractivity contribution in [2.75, 3.05) is 24.4 Å². The molecule has 1 heterocycles. The number of sulfonamides is 1. The zero-order chi connectivity index (χ0) is 20.9. The van der Waals surface area contributed by atoms with Crippen LogP contribution in [0.25, 0.3) is 0 Å². The third kappa shape index (κ3) is 5.73. The highest BCUT2D eigenvalue weighted by molar-refractivity contribution is 7.92. The lowest BCUT2D eigenvalue weighted by Gasteiger charge is -2.20. The molecule has 1 aliphatic rings. The van der Waals surface area contributed by atoms with Gasteiger partial charge in [0, 0.05) is 18.8 Å². The number of benzene rings is 2. The van der Waals surface area contributed by atoms with E-state index in [9.17, 15) is 13.2 Å². The molecule has 0 aromatic heterocycles. The third-order valence-corrected chi connectivity index (χ3v) is 6.45. The number of carbonyl (C=O) groups excluding carboxylic acids is 1. The third-order valence-electron chi connectivity index (χ3n) is 5.07. The summed E-state index contributed by atoms with van der Waals surface area (Å²) in [6, 6.07) is 11.8. The standard InChI is InChI=1S/C22H28N2O4S/c1-17-7-9-19(10-8-17)23-29(26,27)20-11-12-21(18(2)15-20)28-16-22(25)24-13-5-3-4-6-14-24/h7-12,15,23H,3-6,13-14,16H2,1-2H3. The van der Waals surface area contributed by atoms with Gasteiger partial charge in [0.05, 0.1) is 4.90 Å². The van der Waals surface area contributed by atoms with Gasteiger partial charge in [-0.15, -0.1) is 0 Å². The van der Waals surface area contributed by atoms with Crippen molar-refractivity contribution in [1.82, 2.24) is 4.90 Å². The zero-order valence-corrected chi connectivity index (χ0v) is 17.8. The Bertz CT molecular complexity index is 947. The van der Waals surface area contributed by atoms with E-state index in [1.165, 1.54) is 6.07 Å². The summed E-state index contributed by atoms with van der Waals surface area (Å²) in [4.78, 5) is 14.4. The lowest BCUT2D eigenvalue weighted by Crippen LogP contribution is -2.35. The molecular formula is C22H28N2O4S. The Morgan fingerprint density at radius 2 is 1.66 bits per heavy atom. The maximum Gasteiger partial charge on any atom is 0.261 e. The van der Waals surface area contributed by atoms with Crippen molar-refractivity contribution in [2.24, 2.45) is 0 Å². The van der Waals surface area contributed by atoms with Gasteiger partial charge in [0.2, 0.25) is 0 Å². The summed E-state index contributed by atoms with van der Waals surface area (Å²) < 4.78 is 33.5. The summed E-state index contributed by atoms with van der Waals surface area (Å²) in [5.41, 5.74) is 2.23. The van der Waals surface area contributed by atoms with Crippen molar-refractivity contribution in [2.45, 2.75) is 44.4 Å². The van der Waals surface area contributed by atoms with Crippen LogP contribution in [0.2, 0.25) is 0 Å². The summed E-state index contributed by atoms with van der Waals surface area (Å²) >= 11 is 0.